The van der Waals surface area contributed by atoms with E-state index in [0.717, 1.165) is 16.7 Å². The SMILES string of the molecule is ClN1C=NC(c2ccccc2)=NC1c1cccc(-c2ccccc2)c1. The average Bonchev–Trinajstić information content (AvgIpc) is 2.70. The summed E-state index contributed by atoms with van der Waals surface area (Å²) in [7, 11) is 0. The number of nitrogens with zero attached hydrogens (tertiary/aromatic N) is 3. The zero-order valence-corrected chi connectivity index (χ0v) is 14.2. The van der Waals surface area contributed by atoms with E-state index in [1.54, 1.807) is 6.34 Å². The van der Waals surface area contributed by atoms with Gasteiger partial charge in [-0.2, -0.15) is 0 Å². The summed E-state index contributed by atoms with van der Waals surface area (Å²) in [6.45, 7) is 0. The van der Waals surface area contributed by atoms with Crippen LogP contribution in [0.4, 0.5) is 0 Å². The molecule has 0 fully saturated rings. The van der Waals surface area contributed by atoms with E-state index in [4.69, 9.17) is 16.8 Å². The smallest absolute Gasteiger partial charge is 0.165 e. The molecule has 122 valence electrons. The van der Waals surface area contributed by atoms with Crippen molar-refractivity contribution in [3.63, 3.8) is 0 Å². The lowest BCUT2D eigenvalue weighted by molar-refractivity contribution is 0.503. The van der Waals surface area contributed by atoms with Gasteiger partial charge in [-0.1, -0.05) is 78.9 Å². The number of rotatable bonds is 3. The molecule has 3 nitrogen and oxygen atoms in total. The van der Waals surface area contributed by atoms with Gasteiger partial charge in [-0.05, 0) is 22.8 Å². The van der Waals surface area contributed by atoms with Crippen molar-refractivity contribution in [1.29, 1.82) is 0 Å². The Morgan fingerprint density at radius 1 is 0.720 bits per heavy atom. The van der Waals surface area contributed by atoms with E-state index in [9.17, 15) is 0 Å². The Balaban J connectivity index is 1.71. The molecule has 0 spiro atoms. The van der Waals surface area contributed by atoms with Crippen LogP contribution < -0.4 is 0 Å². The Hall–Kier alpha value is -2.91. The second-order valence-corrected chi connectivity index (χ2v) is 6.16. The Bertz CT molecular complexity index is 920. The molecule has 0 saturated heterocycles. The Labute approximate surface area is 152 Å². The van der Waals surface area contributed by atoms with Crippen LogP contribution in [0.3, 0.4) is 0 Å². The molecule has 3 aromatic rings. The zero-order chi connectivity index (χ0) is 17.1. The van der Waals surface area contributed by atoms with Crippen LogP contribution in [0.15, 0.2) is 94.9 Å². The molecule has 1 atom stereocenters. The molecule has 1 heterocycles. The normalized spacial score (nSPS) is 16.6. The van der Waals surface area contributed by atoms with Crippen molar-refractivity contribution < 1.29 is 0 Å². The minimum absolute atomic E-state index is 0.307. The highest BCUT2D eigenvalue weighted by Crippen LogP contribution is 2.30. The van der Waals surface area contributed by atoms with Crippen molar-refractivity contribution in [1.82, 2.24) is 4.42 Å². The summed E-state index contributed by atoms with van der Waals surface area (Å²) in [5.41, 5.74) is 4.31. The molecule has 3 aromatic carbocycles. The lowest BCUT2D eigenvalue weighted by atomic mass is 10.0. The number of benzene rings is 3. The highest BCUT2D eigenvalue weighted by Gasteiger charge is 2.21. The first-order valence-corrected chi connectivity index (χ1v) is 8.42. The van der Waals surface area contributed by atoms with Crippen LogP contribution in [-0.4, -0.2) is 16.6 Å². The van der Waals surface area contributed by atoms with Gasteiger partial charge in [-0.25, -0.2) is 14.4 Å². The van der Waals surface area contributed by atoms with Crippen LogP contribution in [0.2, 0.25) is 0 Å². The molecule has 0 saturated carbocycles. The number of amidine groups is 1. The predicted octanol–water partition coefficient (Wildman–Crippen LogP) is 5.30. The van der Waals surface area contributed by atoms with Crippen molar-refractivity contribution in [2.75, 3.05) is 0 Å². The molecule has 4 rings (SSSR count). The topological polar surface area (TPSA) is 28.0 Å². The summed E-state index contributed by atoms with van der Waals surface area (Å²) in [4.78, 5) is 9.11. The maximum absolute atomic E-state index is 6.35. The minimum atomic E-state index is -0.307. The maximum atomic E-state index is 6.35. The highest BCUT2D eigenvalue weighted by atomic mass is 35.5. The minimum Gasteiger partial charge on any atom is -0.247 e. The van der Waals surface area contributed by atoms with Crippen LogP contribution in [0.5, 0.6) is 0 Å². The molecule has 0 radical (unpaired) electrons. The standard InChI is InChI=1S/C21H16ClN3/c22-25-15-23-20(17-10-5-2-6-11-17)24-21(25)19-13-7-12-18(14-19)16-8-3-1-4-9-16/h1-15,21H. The van der Waals surface area contributed by atoms with Gasteiger partial charge in [0.05, 0.1) is 0 Å². The first kappa shape index (κ1) is 15.6. The Morgan fingerprint density at radius 3 is 2.08 bits per heavy atom. The lowest BCUT2D eigenvalue weighted by Gasteiger charge is -2.24. The van der Waals surface area contributed by atoms with Gasteiger partial charge in [0.15, 0.2) is 12.0 Å². The van der Waals surface area contributed by atoms with E-state index in [1.165, 1.54) is 9.98 Å². The maximum Gasteiger partial charge on any atom is 0.165 e. The molecule has 1 unspecified atom stereocenters. The molecule has 0 aliphatic carbocycles. The molecular weight excluding hydrogens is 330 g/mol. The van der Waals surface area contributed by atoms with E-state index in [0.29, 0.717) is 5.84 Å². The third kappa shape index (κ3) is 3.32. The molecule has 0 amide bonds. The Kier molecular flexibility index (Phi) is 4.32. The van der Waals surface area contributed by atoms with E-state index >= 15 is 0 Å². The molecule has 0 N–H and O–H groups in total. The third-order valence-corrected chi connectivity index (χ3v) is 4.36. The zero-order valence-electron chi connectivity index (χ0n) is 13.5. The fourth-order valence-electron chi connectivity index (χ4n) is 2.84. The Morgan fingerprint density at radius 2 is 1.36 bits per heavy atom. The van der Waals surface area contributed by atoms with Crippen molar-refractivity contribution in [3.8, 4) is 11.1 Å². The summed E-state index contributed by atoms with van der Waals surface area (Å²) in [6.07, 6.45) is 1.31. The van der Waals surface area contributed by atoms with Gasteiger partial charge in [0, 0.05) is 17.3 Å². The molecule has 1 aliphatic heterocycles. The largest absolute Gasteiger partial charge is 0.247 e. The monoisotopic (exact) mass is 345 g/mol. The van der Waals surface area contributed by atoms with Crippen LogP contribution in [0.1, 0.15) is 17.3 Å². The van der Waals surface area contributed by atoms with E-state index < -0.39 is 0 Å². The quantitative estimate of drug-likeness (QED) is 0.592. The average molecular weight is 346 g/mol. The van der Waals surface area contributed by atoms with Gasteiger partial charge in [-0.3, -0.25) is 0 Å². The number of hydrogen-bond acceptors (Lipinski definition) is 3. The number of halogens is 1. The highest BCUT2D eigenvalue weighted by molar-refractivity contribution is 6.20. The van der Waals surface area contributed by atoms with Crippen molar-refractivity contribution in [2.45, 2.75) is 6.17 Å². The molecule has 25 heavy (non-hydrogen) atoms. The number of hydrogen-bond donors (Lipinski definition) is 0. The summed E-state index contributed by atoms with van der Waals surface area (Å²) in [5.74, 6) is 0.688. The molecular formula is C21H16ClN3. The van der Waals surface area contributed by atoms with Crippen molar-refractivity contribution in [2.24, 2.45) is 9.98 Å². The summed E-state index contributed by atoms with van der Waals surface area (Å²) >= 11 is 6.35. The van der Waals surface area contributed by atoms with Gasteiger partial charge in [0.25, 0.3) is 0 Å². The second kappa shape index (κ2) is 6.91. The predicted molar refractivity (Wildman–Crippen MR) is 104 cm³/mol. The van der Waals surface area contributed by atoms with Gasteiger partial charge in [0.2, 0.25) is 0 Å². The van der Waals surface area contributed by atoms with Gasteiger partial charge >= 0.3 is 0 Å². The molecule has 4 heteroatoms. The van der Waals surface area contributed by atoms with Gasteiger partial charge < -0.3 is 0 Å². The number of aliphatic imine (C=N–C) groups is 2. The fraction of sp³-hybridized carbons (Fsp3) is 0.0476. The first-order chi connectivity index (χ1) is 12.3. The molecule has 0 bridgehead atoms. The summed E-state index contributed by atoms with van der Waals surface area (Å²) in [6, 6.07) is 28.5. The van der Waals surface area contributed by atoms with Crippen LogP contribution >= 0.6 is 11.8 Å². The first-order valence-electron chi connectivity index (χ1n) is 8.08. The third-order valence-electron chi connectivity index (χ3n) is 4.09. The lowest BCUT2D eigenvalue weighted by Crippen LogP contribution is -2.22. The van der Waals surface area contributed by atoms with Crippen molar-refractivity contribution in [3.05, 3.63) is 96.1 Å². The van der Waals surface area contributed by atoms with Gasteiger partial charge in [-0.15, -0.1) is 0 Å². The van der Waals surface area contributed by atoms with Gasteiger partial charge in [0.1, 0.15) is 6.34 Å². The van der Waals surface area contributed by atoms with Crippen LogP contribution in [-0.2, 0) is 0 Å². The van der Waals surface area contributed by atoms with Crippen molar-refractivity contribution >= 4 is 24.0 Å². The molecule has 0 aromatic heterocycles. The summed E-state index contributed by atoms with van der Waals surface area (Å²) in [5, 5.41) is 0. The van der Waals surface area contributed by atoms with Crippen LogP contribution in [0.25, 0.3) is 11.1 Å². The fourth-order valence-corrected chi connectivity index (χ4v) is 3.04. The second-order valence-electron chi connectivity index (χ2n) is 5.77. The van der Waals surface area contributed by atoms with Crippen LogP contribution in [0, 0.1) is 0 Å². The van der Waals surface area contributed by atoms with E-state index in [2.05, 4.69) is 29.3 Å². The van der Waals surface area contributed by atoms with E-state index in [-0.39, 0.29) is 6.17 Å². The summed E-state index contributed by atoms with van der Waals surface area (Å²) < 4.78 is 1.51. The van der Waals surface area contributed by atoms with E-state index in [1.807, 2.05) is 60.7 Å². The molecule has 1 aliphatic rings.